The summed E-state index contributed by atoms with van der Waals surface area (Å²) < 4.78 is 0. The van der Waals surface area contributed by atoms with E-state index in [1.54, 1.807) is 0 Å². The summed E-state index contributed by atoms with van der Waals surface area (Å²) in [6.07, 6.45) is 0. The Morgan fingerprint density at radius 3 is 1.67 bits per heavy atom. The summed E-state index contributed by atoms with van der Waals surface area (Å²) in [6, 6.07) is 0. The maximum absolute atomic E-state index is 7.75. The monoisotopic (exact) mass is 99.1 g/mol. The Morgan fingerprint density at radius 2 is 1.67 bits per heavy atom. The van der Waals surface area contributed by atoms with Crippen LogP contribution in [0.15, 0.2) is 0 Å². The summed E-state index contributed by atoms with van der Waals surface area (Å²) in [6.45, 7) is 0.472. The molecule has 0 aromatic rings. The molecule has 0 aliphatic carbocycles. The van der Waals surface area contributed by atoms with Gasteiger partial charge in [-0.15, -0.1) is 0 Å². The summed E-state index contributed by atoms with van der Waals surface area (Å²) in [5, 5.41) is 7.75. The molecule has 6 heavy (non-hydrogen) atoms. The van der Waals surface area contributed by atoms with E-state index in [9.17, 15) is 0 Å². The molecular weight excluding hydrogens is 87.8 g/mol. The third-order valence-corrected chi connectivity index (χ3v) is 0.129. The SMILES string of the molecule is B.NCCO.[NaH]. The molecule has 0 aromatic heterocycles. The van der Waals surface area contributed by atoms with Gasteiger partial charge in [0.15, 0.2) is 0 Å². The Labute approximate surface area is 62.0 Å². The molecule has 0 radical (unpaired) electrons. The Kier molecular flexibility index (Phi) is 43.8. The zero-order valence-corrected chi connectivity index (χ0v) is 2.44. The summed E-state index contributed by atoms with van der Waals surface area (Å²) in [4.78, 5) is 0. The van der Waals surface area contributed by atoms with Gasteiger partial charge in [-0.2, -0.15) is 0 Å². The fourth-order valence-corrected chi connectivity index (χ4v) is 0. The van der Waals surface area contributed by atoms with Crippen LogP contribution in [0.1, 0.15) is 0 Å². The van der Waals surface area contributed by atoms with Crippen molar-refractivity contribution in [1.29, 1.82) is 0 Å². The molecule has 0 rings (SSSR count). The second-order valence-corrected chi connectivity index (χ2v) is 0.512. The zero-order valence-electron chi connectivity index (χ0n) is 2.44. The molecule has 0 aliphatic rings. The molecule has 3 N–H and O–H groups in total. The van der Waals surface area contributed by atoms with E-state index in [1.165, 1.54) is 0 Å². The van der Waals surface area contributed by atoms with Gasteiger partial charge in [0.25, 0.3) is 0 Å². The van der Waals surface area contributed by atoms with E-state index in [1.807, 2.05) is 0 Å². The number of rotatable bonds is 1. The van der Waals surface area contributed by atoms with E-state index in [4.69, 9.17) is 10.8 Å². The Morgan fingerprint density at radius 1 is 1.50 bits per heavy atom. The molecule has 0 spiro atoms. The first-order chi connectivity index (χ1) is 1.91. The number of hydrogen-bond donors (Lipinski definition) is 2. The quantitative estimate of drug-likeness (QED) is 0.346. The fourth-order valence-electron chi connectivity index (χ4n) is 0. The molecule has 0 bridgehead atoms. The van der Waals surface area contributed by atoms with Crippen LogP contribution in [0.3, 0.4) is 0 Å². The van der Waals surface area contributed by atoms with Crippen molar-refractivity contribution < 1.29 is 5.11 Å². The first-order valence-corrected chi connectivity index (χ1v) is 1.22. The third-order valence-electron chi connectivity index (χ3n) is 0.129. The van der Waals surface area contributed by atoms with Crippen LogP contribution in [-0.2, 0) is 0 Å². The minimum atomic E-state index is 0. The molecule has 0 unspecified atom stereocenters. The fraction of sp³-hybridized carbons (Fsp3) is 1.00. The molecule has 0 amide bonds. The maximum atomic E-state index is 7.75. The van der Waals surface area contributed by atoms with Gasteiger partial charge in [0, 0.05) is 6.54 Å². The summed E-state index contributed by atoms with van der Waals surface area (Å²) in [5.41, 5.74) is 4.78. The van der Waals surface area contributed by atoms with E-state index in [2.05, 4.69) is 0 Å². The topological polar surface area (TPSA) is 46.2 Å². The minimum absolute atomic E-state index is 0. The van der Waals surface area contributed by atoms with Crippen molar-refractivity contribution in [2.45, 2.75) is 0 Å². The van der Waals surface area contributed by atoms with Crippen LogP contribution in [0.25, 0.3) is 0 Å². The molecule has 0 fully saturated rings. The molecule has 0 aromatic carbocycles. The zero-order chi connectivity index (χ0) is 3.41. The van der Waals surface area contributed by atoms with Gasteiger partial charge in [-0.05, 0) is 0 Å². The van der Waals surface area contributed by atoms with Crippen LogP contribution in [0.4, 0.5) is 0 Å². The second-order valence-electron chi connectivity index (χ2n) is 0.512. The molecule has 2 nitrogen and oxygen atoms in total. The average Bonchev–Trinajstić information content (AvgIpc) is 1.37. The third kappa shape index (κ3) is 20.1. The van der Waals surface area contributed by atoms with E-state index in [-0.39, 0.29) is 44.6 Å². The molecule has 0 heterocycles. The van der Waals surface area contributed by atoms with Gasteiger partial charge in [-0.25, -0.2) is 0 Å². The van der Waals surface area contributed by atoms with Crippen molar-refractivity contribution in [2.75, 3.05) is 13.2 Å². The second kappa shape index (κ2) is 16.7. The summed E-state index contributed by atoms with van der Waals surface area (Å²) >= 11 is 0. The van der Waals surface area contributed by atoms with E-state index < -0.39 is 0 Å². The predicted molar refractivity (Wildman–Crippen MR) is 33.2 cm³/mol. The van der Waals surface area contributed by atoms with Crippen molar-refractivity contribution in [1.82, 2.24) is 0 Å². The van der Waals surface area contributed by atoms with Crippen LogP contribution >= 0.6 is 0 Å². The van der Waals surface area contributed by atoms with Gasteiger partial charge in [0.1, 0.15) is 0 Å². The summed E-state index contributed by atoms with van der Waals surface area (Å²) in [5.74, 6) is 0. The van der Waals surface area contributed by atoms with Crippen molar-refractivity contribution in [3.05, 3.63) is 0 Å². The molecule has 0 saturated carbocycles. The first-order valence-electron chi connectivity index (χ1n) is 1.22. The predicted octanol–water partition coefficient (Wildman–Crippen LogP) is -2.89. The molecule has 0 aliphatic heterocycles. The van der Waals surface area contributed by atoms with Crippen LogP contribution in [-0.4, -0.2) is 56.2 Å². The van der Waals surface area contributed by atoms with E-state index in [0.29, 0.717) is 6.54 Å². The number of aliphatic hydroxyl groups excluding tert-OH is 1. The number of hydrogen-bond acceptors (Lipinski definition) is 2. The van der Waals surface area contributed by atoms with Gasteiger partial charge >= 0.3 is 29.6 Å². The number of nitrogens with two attached hydrogens (primary N) is 1. The van der Waals surface area contributed by atoms with Crippen LogP contribution in [0.2, 0.25) is 0 Å². The average molecular weight is 98.9 g/mol. The van der Waals surface area contributed by atoms with Crippen molar-refractivity contribution in [2.24, 2.45) is 5.73 Å². The summed E-state index contributed by atoms with van der Waals surface area (Å²) in [7, 11) is 0. The van der Waals surface area contributed by atoms with E-state index in [0.717, 1.165) is 0 Å². The molecule has 0 atom stereocenters. The Hall–Kier alpha value is 0.985. The molecule has 34 valence electrons. The van der Waals surface area contributed by atoms with E-state index >= 15 is 0 Å². The normalized spacial score (nSPS) is 5.00. The first kappa shape index (κ1) is 15.8. The van der Waals surface area contributed by atoms with Crippen LogP contribution < -0.4 is 5.73 Å². The van der Waals surface area contributed by atoms with Gasteiger partial charge < -0.3 is 10.8 Å². The van der Waals surface area contributed by atoms with Crippen molar-refractivity contribution >= 4 is 38.0 Å². The van der Waals surface area contributed by atoms with Gasteiger partial charge in [-0.3, -0.25) is 0 Å². The Bertz CT molecular complexity index is 15.5. The van der Waals surface area contributed by atoms with Crippen LogP contribution in [0, 0.1) is 0 Å². The molecule has 0 saturated heterocycles. The van der Waals surface area contributed by atoms with Gasteiger partial charge in [0.05, 0.1) is 15.0 Å². The molecule has 4 heteroatoms. The van der Waals surface area contributed by atoms with Crippen molar-refractivity contribution in [3.63, 3.8) is 0 Å². The van der Waals surface area contributed by atoms with Gasteiger partial charge in [-0.1, -0.05) is 0 Å². The Balaban J connectivity index is -0.0000000450. The number of aliphatic hydroxyl groups is 1. The van der Waals surface area contributed by atoms with Crippen molar-refractivity contribution in [3.8, 4) is 0 Å². The van der Waals surface area contributed by atoms with Gasteiger partial charge in [0.2, 0.25) is 0 Å². The van der Waals surface area contributed by atoms with Crippen LogP contribution in [0.5, 0.6) is 0 Å². The molecular formula is C2H11BNNaO. The standard InChI is InChI=1S/C2H7NO.BH3.Na.H/c3-1-2-4;;;/h4H,1-3H2;1H3;;.